The highest BCUT2D eigenvalue weighted by Crippen LogP contribution is 2.41. The molecule has 174 valence electrons. The maximum Gasteiger partial charge on any atom is 0.152 e. The maximum absolute atomic E-state index is 15.4. The number of anilines is 3. The number of hydrogen-bond donors (Lipinski definition) is 3. The lowest BCUT2D eigenvalue weighted by atomic mass is 10.1. The molecule has 0 saturated carbocycles. The first-order valence-corrected chi connectivity index (χ1v) is 11.8. The molecule has 0 bridgehead atoms. The van der Waals surface area contributed by atoms with Gasteiger partial charge in [0.05, 0.1) is 18.3 Å². The Bertz CT molecular complexity index is 1370. The van der Waals surface area contributed by atoms with Crippen LogP contribution < -0.4 is 15.0 Å². The summed E-state index contributed by atoms with van der Waals surface area (Å²) >= 11 is 0. The Morgan fingerprint density at radius 1 is 1.26 bits per heavy atom. The van der Waals surface area contributed by atoms with E-state index in [1.54, 1.807) is 6.20 Å². The molecule has 4 aromatic rings. The van der Waals surface area contributed by atoms with Crippen LogP contribution in [0.3, 0.4) is 0 Å². The molecule has 6 nitrogen and oxygen atoms in total. The van der Waals surface area contributed by atoms with E-state index in [-0.39, 0.29) is 11.9 Å². The van der Waals surface area contributed by atoms with Gasteiger partial charge in [0.2, 0.25) is 0 Å². The monoisotopic (exact) mass is 458 g/mol. The highest BCUT2D eigenvalue weighted by molar-refractivity contribution is 5.83. The predicted molar refractivity (Wildman–Crippen MR) is 132 cm³/mol. The van der Waals surface area contributed by atoms with Crippen LogP contribution in [0.4, 0.5) is 21.5 Å². The zero-order valence-corrected chi connectivity index (χ0v) is 19.0. The van der Waals surface area contributed by atoms with Crippen LogP contribution >= 0.6 is 0 Å². The van der Waals surface area contributed by atoms with Gasteiger partial charge in [0.25, 0.3) is 0 Å². The molecule has 0 amide bonds. The molecule has 1 aliphatic carbocycles. The standard InChI is InChI=1S/C27H27FN4O2/c1-16-15-32(11-9-17-14-30-22-5-3-2-4-19(17)22)27-21(28)12-18(13-25(27)34-16)31-23-8-10-29-26-20(23)6-7-24(26)33/h2-5,8,10,12-14,16,24,30,33H,6-7,9,11,15H2,1H3,(H,29,31)/t16-,24-/m1/s1. The minimum absolute atomic E-state index is 0.0505. The van der Waals surface area contributed by atoms with Crippen molar-refractivity contribution >= 4 is 28.0 Å². The number of halogens is 1. The second-order valence-corrected chi connectivity index (χ2v) is 9.19. The van der Waals surface area contributed by atoms with Crippen LogP contribution in [0, 0.1) is 5.82 Å². The van der Waals surface area contributed by atoms with Gasteiger partial charge >= 0.3 is 0 Å². The second-order valence-electron chi connectivity index (χ2n) is 9.19. The molecule has 2 aromatic heterocycles. The summed E-state index contributed by atoms with van der Waals surface area (Å²) in [7, 11) is 0. The number of nitrogens with zero attached hydrogens (tertiary/aromatic N) is 2. The number of fused-ring (bicyclic) bond motifs is 3. The van der Waals surface area contributed by atoms with Gasteiger partial charge < -0.3 is 25.0 Å². The Labute approximate surface area is 197 Å². The number of H-pyrrole nitrogens is 1. The van der Waals surface area contributed by atoms with Crippen LogP contribution in [0.1, 0.15) is 36.3 Å². The van der Waals surface area contributed by atoms with Gasteiger partial charge in [0.15, 0.2) is 5.82 Å². The summed E-state index contributed by atoms with van der Waals surface area (Å²) in [5.41, 5.74) is 6.02. The molecule has 0 spiro atoms. The quantitative estimate of drug-likeness (QED) is 0.381. The number of pyridine rings is 1. The number of rotatable bonds is 5. The molecule has 2 aromatic carbocycles. The van der Waals surface area contributed by atoms with Crippen molar-refractivity contribution < 1.29 is 14.2 Å². The van der Waals surface area contributed by atoms with E-state index in [0.29, 0.717) is 42.3 Å². The Hall–Kier alpha value is -3.58. The summed E-state index contributed by atoms with van der Waals surface area (Å²) in [5, 5.41) is 14.7. The van der Waals surface area contributed by atoms with E-state index in [0.717, 1.165) is 29.6 Å². The van der Waals surface area contributed by atoms with Gasteiger partial charge in [0, 0.05) is 47.3 Å². The molecule has 6 rings (SSSR count). The smallest absolute Gasteiger partial charge is 0.152 e. The molecule has 0 saturated heterocycles. The molecular weight excluding hydrogens is 431 g/mol. The number of benzene rings is 2. The third kappa shape index (κ3) is 3.66. The number of aromatic amines is 1. The third-order valence-electron chi connectivity index (χ3n) is 6.83. The van der Waals surface area contributed by atoms with E-state index < -0.39 is 6.10 Å². The number of aromatic nitrogens is 2. The zero-order valence-electron chi connectivity index (χ0n) is 19.0. The summed E-state index contributed by atoms with van der Waals surface area (Å²) in [6, 6.07) is 13.5. The van der Waals surface area contributed by atoms with Gasteiger partial charge in [-0.2, -0.15) is 0 Å². The molecule has 7 heteroatoms. The Morgan fingerprint density at radius 2 is 2.15 bits per heavy atom. The first-order valence-electron chi connectivity index (χ1n) is 11.8. The van der Waals surface area contributed by atoms with Gasteiger partial charge in [-0.15, -0.1) is 0 Å². The largest absolute Gasteiger partial charge is 0.487 e. The van der Waals surface area contributed by atoms with E-state index in [1.807, 2.05) is 37.4 Å². The SMILES string of the molecule is C[C@@H]1CN(CCc2c[nH]c3ccccc23)c2c(F)cc(Nc3ccnc4c3CC[C@H]4O)cc2O1. The van der Waals surface area contributed by atoms with Crippen molar-refractivity contribution in [2.45, 2.75) is 38.4 Å². The number of ether oxygens (including phenoxy) is 1. The second kappa shape index (κ2) is 8.33. The van der Waals surface area contributed by atoms with E-state index in [1.165, 1.54) is 17.0 Å². The molecule has 3 N–H and O–H groups in total. The fourth-order valence-corrected chi connectivity index (χ4v) is 5.24. The van der Waals surface area contributed by atoms with Crippen molar-refractivity contribution in [2.75, 3.05) is 23.3 Å². The number of nitrogens with one attached hydrogen (secondary N) is 2. The van der Waals surface area contributed by atoms with Crippen LogP contribution in [-0.4, -0.2) is 34.3 Å². The third-order valence-corrected chi connectivity index (χ3v) is 6.83. The van der Waals surface area contributed by atoms with Crippen LogP contribution in [0.15, 0.2) is 54.9 Å². The van der Waals surface area contributed by atoms with Crippen molar-refractivity contribution in [3.05, 3.63) is 77.5 Å². The first-order chi connectivity index (χ1) is 16.6. The summed E-state index contributed by atoms with van der Waals surface area (Å²) < 4.78 is 21.5. The normalized spacial score (nSPS) is 19.1. The average molecular weight is 459 g/mol. The molecular formula is C27H27FN4O2. The van der Waals surface area contributed by atoms with Crippen molar-refractivity contribution in [3.8, 4) is 5.75 Å². The highest BCUT2D eigenvalue weighted by atomic mass is 19.1. The number of para-hydroxylation sites is 1. The predicted octanol–water partition coefficient (Wildman–Crippen LogP) is 5.26. The summed E-state index contributed by atoms with van der Waals surface area (Å²) in [5.74, 6) is 0.238. The molecule has 0 fully saturated rings. The first kappa shape index (κ1) is 21.0. The fraction of sp³-hybridized carbons (Fsp3) is 0.296. The van der Waals surface area contributed by atoms with Crippen molar-refractivity contribution in [2.24, 2.45) is 0 Å². The Morgan fingerprint density at radius 3 is 3.06 bits per heavy atom. The van der Waals surface area contributed by atoms with Crippen LogP contribution in [0.5, 0.6) is 5.75 Å². The Kier molecular flexibility index (Phi) is 5.14. The van der Waals surface area contributed by atoms with Gasteiger partial charge in [0.1, 0.15) is 17.5 Å². The van der Waals surface area contributed by atoms with Gasteiger partial charge in [-0.25, -0.2) is 4.39 Å². The van der Waals surface area contributed by atoms with Crippen molar-refractivity contribution in [1.29, 1.82) is 0 Å². The molecule has 2 aliphatic rings. The number of aliphatic hydroxyl groups is 1. The van der Waals surface area contributed by atoms with Crippen molar-refractivity contribution in [3.63, 3.8) is 0 Å². The number of aliphatic hydroxyl groups excluding tert-OH is 1. The number of hydrogen-bond acceptors (Lipinski definition) is 5. The summed E-state index contributed by atoms with van der Waals surface area (Å²) in [4.78, 5) is 9.72. The van der Waals surface area contributed by atoms with Crippen LogP contribution in [-0.2, 0) is 12.8 Å². The molecule has 0 radical (unpaired) electrons. The molecule has 1 aliphatic heterocycles. The van der Waals surface area contributed by atoms with E-state index in [4.69, 9.17) is 4.74 Å². The summed E-state index contributed by atoms with van der Waals surface area (Å²) in [6.45, 7) is 3.34. The maximum atomic E-state index is 15.4. The molecule has 3 heterocycles. The topological polar surface area (TPSA) is 73.4 Å². The lowest BCUT2D eigenvalue weighted by Crippen LogP contribution is -2.40. The summed E-state index contributed by atoms with van der Waals surface area (Å²) in [6.07, 6.45) is 5.35. The van der Waals surface area contributed by atoms with Gasteiger partial charge in [-0.1, -0.05) is 18.2 Å². The van der Waals surface area contributed by atoms with E-state index in [2.05, 4.69) is 32.3 Å². The lowest BCUT2D eigenvalue weighted by molar-refractivity contribution is 0.176. The van der Waals surface area contributed by atoms with E-state index >= 15 is 4.39 Å². The minimum atomic E-state index is -0.535. The fourth-order valence-electron chi connectivity index (χ4n) is 5.24. The minimum Gasteiger partial charge on any atom is -0.487 e. The lowest BCUT2D eigenvalue weighted by Gasteiger charge is -2.35. The Balaban J connectivity index is 1.27. The molecule has 34 heavy (non-hydrogen) atoms. The zero-order chi connectivity index (χ0) is 23.2. The van der Waals surface area contributed by atoms with Crippen LogP contribution in [0.25, 0.3) is 10.9 Å². The van der Waals surface area contributed by atoms with Gasteiger partial charge in [-0.3, -0.25) is 4.98 Å². The van der Waals surface area contributed by atoms with E-state index in [9.17, 15) is 5.11 Å². The average Bonchev–Trinajstić information content (AvgIpc) is 3.41. The van der Waals surface area contributed by atoms with Crippen molar-refractivity contribution in [1.82, 2.24) is 9.97 Å². The van der Waals surface area contributed by atoms with Gasteiger partial charge in [-0.05, 0) is 55.5 Å². The molecule has 0 unspecified atom stereocenters. The van der Waals surface area contributed by atoms with Crippen LogP contribution in [0.2, 0.25) is 0 Å². The molecule has 2 atom stereocenters. The highest BCUT2D eigenvalue weighted by Gasteiger charge is 2.28.